The van der Waals surface area contributed by atoms with Crippen LogP contribution in [-0.4, -0.2) is 36.1 Å². The van der Waals surface area contributed by atoms with Gasteiger partial charge in [-0.25, -0.2) is 4.98 Å². The number of nitrogens with zero attached hydrogens (tertiary/aromatic N) is 3. The first-order valence-electron chi connectivity index (χ1n) is 5.99. The van der Waals surface area contributed by atoms with Crippen LogP contribution in [0.1, 0.15) is 24.8 Å². The summed E-state index contributed by atoms with van der Waals surface area (Å²) in [7, 11) is 2.13. The molecule has 1 aliphatic heterocycles. The van der Waals surface area contributed by atoms with Crippen LogP contribution in [0.15, 0.2) is 18.3 Å². The first kappa shape index (κ1) is 11.9. The Morgan fingerprint density at radius 1 is 1.59 bits per heavy atom. The fourth-order valence-electron chi connectivity index (χ4n) is 2.09. The summed E-state index contributed by atoms with van der Waals surface area (Å²) in [5.74, 6) is 0.544. The SMILES string of the molecule is CN1CCCCC1COc1cc(C#N)ccn1. The van der Waals surface area contributed by atoms with Crippen molar-refractivity contribution in [3.8, 4) is 11.9 Å². The molecule has 2 rings (SSSR count). The maximum atomic E-state index is 8.78. The molecule has 17 heavy (non-hydrogen) atoms. The number of aromatic nitrogens is 1. The van der Waals surface area contributed by atoms with E-state index in [0.717, 1.165) is 6.54 Å². The van der Waals surface area contributed by atoms with Crippen molar-refractivity contribution >= 4 is 0 Å². The summed E-state index contributed by atoms with van der Waals surface area (Å²) < 4.78 is 5.65. The van der Waals surface area contributed by atoms with Crippen LogP contribution in [0.2, 0.25) is 0 Å². The molecule has 0 spiro atoms. The van der Waals surface area contributed by atoms with E-state index in [9.17, 15) is 0 Å². The minimum atomic E-state index is 0.469. The number of piperidine rings is 1. The average Bonchev–Trinajstić information content (AvgIpc) is 2.38. The van der Waals surface area contributed by atoms with Gasteiger partial charge in [0.2, 0.25) is 5.88 Å². The molecule has 0 aliphatic carbocycles. The molecular weight excluding hydrogens is 214 g/mol. The Hall–Kier alpha value is -1.60. The van der Waals surface area contributed by atoms with E-state index < -0.39 is 0 Å². The van der Waals surface area contributed by atoms with Crippen molar-refractivity contribution in [2.75, 3.05) is 20.2 Å². The molecule has 1 aliphatic rings. The van der Waals surface area contributed by atoms with Crippen molar-refractivity contribution < 1.29 is 4.74 Å². The van der Waals surface area contributed by atoms with Gasteiger partial charge in [0, 0.05) is 18.3 Å². The Morgan fingerprint density at radius 3 is 3.24 bits per heavy atom. The second-order valence-electron chi connectivity index (χ2n) is 4.44. The van der Waals surface area contributed by atoms with Crippen molar-refractivity contribution in [1.82, 2.24) is 9.88 Å². The van der Waals surface area contributed by atoms with E-state index in [-0.39, 0.29) is 0 Å². The van der Waals surface area contributed by atoms with Gasteiger partial charge in [0.05, 0.1) is 11.6 Å². The first-order chi connectivity index (χ1) is 8.29. The third-order valence-corrected chi connectivity index (χ3v) is 3.21. The molecule has 1 fully saturated rings. The number of pyridine rings is 1. The topological polar surface area (TPSA) is 49.1 Å². The van der Waals surface area contributed by atoms with Gasteiger partial charge in [-0.2, -0.15) is 5.26 Å². The smallest absolute Gasteiger partial charge is 0.214 e. The number of rotatable bonds is 3. The summed E-state index contributed by atoms with van der Waals surface area (Å²) in [5.41, 5.74) is 0.590. The van der Waals surface area contributed by atoms with Crippen LogP contribution in [0.25, 0.3) is 0 Å². The highest BCUT2D eigenvalue weighted by molar-refractivity contribution is 5.31. The Labute approximate surface area is 102 Å². The molecule has 0 N–H and O–H groups in total. The molecule has 0 radical (unpaired) electrons. The molecule has 1 aromatic heterocycles. The summed E-state index contributed by atoms with van der Waals surface area (Å²) in [6.45, 7) is 1.79. The van der Waals surface area contributed by atoms with Gasteiger partial charge in [-0.05, 0) is 32.5 Å². The van der Waals surface area contributed by atoms with Crippen LogP contribution >= 0.6 is 0 Å². The second-order valence-corrected chi connectivity index (χ2v) is 4.44. The first-order valence-corrected chi connectivity index (χ1v) is 5.99. The van der Waals surface area contributed by atoms with Gasteiger partial charge in [-0.15, -0.1) is 0 Å². The lowest BCUT2D eigenvalue weighted by atomic mass is 10.0. The highest BCUT2D eigenvalue weighted by Gasteiger charge is 2.19. The molecule has 4 nitrogen and oxygen atoms in total. The molecule has 0 saturated carbocycles. The highest BCUT2D eigenvalue weighted by Crippen LogP contribution is 2.16. The standard InChI is InChI=1S/C13H17N3O/c1-16-7-3-2-4-12(16)10-17-13-8-11(9-14)5-6-15-13/h5-6,8,12H,2-4,7,10H2,1H3. The van der Waals surface area contributed by atoms with Gasteiger partial charge in [0.25, 0.3) is 0 Å². The Bertz CT molecular complexity index is 413. The Morgan fingerprint density at radius 2 is 2.47 bits per heavy atom. The lowest BCUT2D eigenvalue weighted by Crippen LogP contribution is -2.40. The van der Waals surface area contributed by atoms with Crippen molar-refractivity contribution in [3.05, 3.63) is 23.9 Å². The van der Waals surface area contributed by atoms with Crippen molar-refractivity contribution in [2.45, 2.75) is 25.3 Å². The second kappa shape index (κ2) is 5.65. The van der Waals surface area contributed by atoms with E-state index in [4.69, 9.17) is 10.00 Å². The maximum absolute atomic E-state index is 8.78. The predicted molar refractivity (Wildman–Crippen MR) is 64.7 cm³/mol. The molecule has 1 atom stereocenters. The van der Waals surface area contributed by atoms with Gasteiger partial charge in [-0.3, -0.25) is 0 Å². The molecule has 0 bridgehead atoms. The highest BCUT2D eigenvalue weighted by atomic mass is 16.5. The van der Waals surface area contributed by atoms with Crippen molar-refractivity contribution in [3.63, 3.8) is 0 Å². The van der Waals surface area contributed by atoms with Crippen LogP contribution in [0.5, 0.6) is 5.88 Å². The molecule has 1 aromatic rings. The minimum Gasteiger partial charge on any atom is -0.476 e. The van der Waals surface area contributed by atoms with Crippen molar-refractivity contribution in [2.24, 2.45) is 0 Å². The molecule has 0 amide bonds. The van der Waals surface area contributed by atoms with Crippen LogP contribution in [-0.2, 0) is 0 Å². The number of ether oxygens (including phenoxy) is 1. The van der Waals surface area contributed by atoms with Gasteiger partial charge in [0.1, 0.15) is 6.61 Å². The fourth-order valence-corrected chi connectivity index (χ4v) is 2.09. The number of hydrogen-bond acceptors (Lipinski definition) is 4. The fraction of sp³-hybridized carbons (Fsp3) is 0.538. The number of hydrogen-bond donors (Lipinski definition) is 0. The molecule has 0 aromatic carbocycles. The van der Waals surface area contributed by atoms with Crippen LogP contribution in [0.4, 0.5) is 0 Å². The van der Waals surface area contributed by atoms with E-state index in [0.29, 0.717) is 24.1 Å². The summed E-state index contributed by atoms with van der Waals surface area (Å²) in [6.07, 6.45) is 5.33. The van der Waals surface area contributed by atoms with Crippen molar-refractivity contribution in [1.29, 1.82) is 5.26 Å². The summed E-state index contributed by atoms with van der Waals surface area (Å²) >= 11 is 0. The molecule has 2 heterocycles. The molecular formula is C13H17N3O. The zero-order valence-electron chi connectivity index (χ0n) is 10.1. The number of likely N-dealkylation sites (N-methyl/N-ethyl adjacent to an activating group) is 1. The maximum Gasteiger partial charge on any atom is 0.214 e. The monoisotopic (exact) mass is 231 g/mol. The lowest BCUT2D eigenvalue weighted by Gasteiger charge is -2.31. The third-order valence-electron chi connectivity index (χ3n) is 3.21. The number of likely N-dealkylation sites (tertiary alicyclic amines) is 1. The Kier molecular flexibility index (Phi) is 3.94. The van der Waals surface area contributed by atoms with E-state index in [1.54, 1.807) is 18.3 Å². The molecule has 1 unspecified atom stereocenters. The minimum absolute atomic E-state index is 0.469. The zero-order chi connectivity index (χ0) is 12.1. The van der Waals surface area contributed by atoms with Gasteiger partial charge in [-0.1, -0.05) is 6.42 Å². The lowest BCUT2D eigenvalue weighted by molar-refractivity contribution is 0.122. The van der Waals surface area contributed by atoms with E-state index >= 15 is 0 Å². The van der Waals surface area contributed by atoms with Crippen LogP contribution < -0.4 is 4.74 Å². The van der Waals surface area contributed by atoms with Gasteiger partial charge in [0.15, 0.2) is 0 Å². The zero-order valence-corrected chi connectivity index (χ0v) is 10.1. The van der Waals surface area contributed by atoms with Gasteiger partial charge >= 0.3 is 0 Å². The normalized spacial score (nSPS) is 20.8. The third kappa shape index (κ3) is 3.18. The molecule has 1 saturated heterocycles. The molecule has 4 heteroatoms. The summed E-state index contributed by atoms with van der Waals surface area (Å²) in [4.78, 5) is 6.44. The summed E-state index contributed by atoms with van der Waals surface area (Å²) in [5, 5.41) is 8.78. The Balaban J connectivity index is 1.90. The number of nitriles is 1. The van der Waals surface area contributed by atoms with E-state index in [1.165, 1.54) is 19.3 Å². The van der Waals surface area contributed by atoms with Gasteiger partial charge < -0.3 is 9.64 Å². The van der Waals surface area contributed by atoms with E-state index in [1.807, 2.05) is 0 Å². The van der Waals surface area contributed by atoms with Crippen LogP contribution in [0, 0.1) is 11.3 Å². The average molecular weight is 231 g/mol. The summed E-state index contributed by atoms with van der Waals surface area (Å²) in [6, 6.07) is 5.92. The van der Waals surface area contributed by atoms with E-state index in [2.05, 4.69) is 23.0 Å². The largest absolute Gasteiger partial charge is 0.476 e. The molecule has 90 valence electrons. The quantitative estimate of drug-likeness (QED) is 0.796. The van der Waals surface area contributed by atoms with Crippen LogP contribution in [0.3, 0.4) is 0 Å². The predicted octanol–water partition coefficient (Wildman–Crippen LogP) is 1.82.